The molecular formula is C34H33Cl2F2N7O3. The first-order valence-electron chi connectivity index (χ1n) is 15.5. The zero-order valence-electron chi connectivity index (χ0n) is 26.3. The number of alkyl halides is 2. The molecule has 5 heterocycles. The van der Waals surface area contributed by atoms with E-state index >= 15 is 0 Å². The fourth-order valence-corrected chi connectivity index (χ4v) is 7.64. The highest BCUT2D eigenvalue weighted by molar-refractivity contribution is 6.39. The Morgan fingerprint density at radius 2 is 1.71 bits per heavy atom. The second-order valence-corrected chi connectivity index (χ2v) is 13.4. The Balaban J connectivity index is 1.07. The van der Waals surface area contributed by atoms with E-state index in [1.165, 1.54) is 4.90 Å². The molecule has 2 fully saturated rings. The molecule has 0 atom stereocenters. The second kappa shape index (κ2) is 12.7. The number of hydrogen-bond acceptors (Lipinski definition) is 7. The molecule has 0 radical (unpaired) electrons. The average molecular weight is 697 g/mol. The van der Waals surface area contributed by atoms with Crippen molar-refractivity contribution in [3.8, 4) is 28.3 Å². The van der Waals surface area contributed by atoms with Gasteiger partial charge in [0.2, 0.25) is 5.88 Å². The molecule has 2 aromatic carbocycles. The number of carbonyl (C=O) groups excluding carboxylic acids is 2. The first kappa shape index (κ1) is 32.4. The molecule has 2 amide bonds. The number of hydrogen-bond donors (Lipinski definition) is 2. The summed E-state index contributed by atoms with van der Waals surface area (Å²) in [7, 11) is 3.40. The first-order valence-corrected chi connectivity index (χ1v) is 16.3. The molecule has 0 saturated carbocycles. The lowest BCUT2D eigenvalue weighted by molar-refractivity contribution is -0.170. The van der Waals surface area contributed by atoms with E-state index in [0.29, 0.717) is 89.1 Å². The van der Waals surface area contributed by atoms with Crippen molar-refractivity contribution in [2.45, 2.75) is 25.9 Å². The van der Waals surface area contributed by atoms with Crippen LogP contribution in [0.25, 0.3) is 22.4 Å². The average Bonchev–Trinajstić information content (AvgIpc) is 3.39. The molecule has 4 aromatic rings. The molecule has 2 saturated heterocycles. The van der Waals surface area contributed by atoms with Crippen molar-refractivity contribution < 1.29 is 23.1 Å². The number of nitrogens with one attached hydrogen (secondary N) is 2. The SMILES string of the molecule is COc1nc(-c2cccc(-c3cccc(NC(=O)c4nc5c(n4C)CCNC5)c3Cl)c2Cl)ccc1CN1CC2(C1)CN(C(=O)C(F)F)C2. The second-order valence-electron chi connectivity index (χ2n) is 12.6. The van der Waals surface area contributed by atoms with Gasteiger partial charge < -0.3 is 24.8 Å². The van der Waals surface area contributed by atoms with Crippen LogP contribution in [-0.2, 0) is 31.4 Å². The molecule has 1 spiro atoms. The summed E-state index contributed by atoms with van der Waals surface area (Å²) >= 11 is 13.9. The van der Waals surface area contributed by atoms with Crippen LogP contribution in [0.5, 0.6) is 5.88 Å². The van der Waals surface area contributed by atoms with Gasteiger partial charge in [-0.25, -0.2) is 9.97 Å². The molecule has 48 heavy (non-hydrogen) atoms. The van der Waals surface area contributed by atoms with Crippen LogP contribution in [0.3, 0.4) is 0 Å². The number of halogens is 4. The van der Waals surface area contributed by atoms with Gasteiger partial charge in [-0.2, -0.15) is 8.78 Å². The molecule has 2 aromatic heterocycles. The van der Waals surface area contributed by atoms with Crippen LogP contribution in [0.1, 0.15) is 27.6 Å². The van der Waals surface area contributed by atoms with Gasteiger partial charge in [0.25, 0.3) is 11.8 Å². The molecule has 10 nitrogen and oxygen atoms in total. The maximum atomic E-state index is 13.3. The van der Waals surface area contributed by atoms with Gasteiger partial charge in [-0.15, -0.1) is 0 Å². The van der Waals surface area contributed by atoms with Crippen LogP contribution in [0.4, 0.5) is 14.5 Å². The van der Waals surface area contributed by atoms with E-state index in [0.717, 1.165) is 29.9 Å². The van der Waals surface area contributed by atoms with E-state index in [1.807, 2.05) is 48.0 Å². The number of carbonyl (C=O) groups is 2. The van der Waals surface area contributed by atoms with E-state index in [1.54, 1.807) is 19.2 Å². The summed E-state index contributed by atoms with van der Waals surface area (Å²) in [6.45, 7) is 4.17. The van der Waals surface area contributed by atoms with Crippen LogP contribution in [-0.4, -0.2) is 82.4 Å². The Morgan fingerprint density at radius 3 is 2.42 bits per heavy atom. The molecule has 3 aliphatic rings. The van der Waals surface area contributed by atoms with Crippen molar-refractivity contribution in [1.82, 2.24) is 29.7 Å². The van der Waals surface area contributed by atoms with Gasteiger partial charge in [0.05, 0.1) is 34.2 Å². The van der Waals surface area contributed by atoms with E-state index in [2.05, 4.69) is 20.5 Å². The van der Waals surface area contributed by atoms with Crippen molar-refractivity contribution in [3.63, 3.8) is 0 Å². The molecule has 250 valence electrons. The number of benzene rings is 2. The van der Waals surface area contributed by atoms with Gasteiger partial charge in [-0.05, 0) is 12.1 Å². The maximum absolute atomic E-state index is 13.3. The monoisotopic (exact) mass is 695 g/mol. The number of aromatic nitrogens is 3. The highest BCUT2D eigenvalue weighted by atomic mass is 35.5. The highest BCUT2D eigenvalue weighted by Crippen LogP contribution is 2.43. The minimum atomic E-state index is -2.96. The smallest absolute Gasteiger partial charge is 0.315 e. The van der Waals surface area contributed by atoms with Gasteiger partial charge in [-0.1, -0.05) is 59.6 Å². The summed E-state index contributed by atoms with van der Waals surface area (Å²) in [5, 5.41) is 6.98. The summed E-state index contributed by atoms with van der Waals surface area (Å²) in [5.41, 5.74) is 5.71. The van der Waals surface area contributed by atoms with E-state index in [4.69, 9.17) is 32.9 Å². The molecular weight excluding hydrogens is 663 g/mol. The molecule has 14 heteroatoms. The normalized spacial score (nSPS) is 16.8. The fraction of sp³-hybridized carbons (Fsp3) is 0.353. The quantitative estimate of drug-likeness (QED) is 0.259. The Labute approximate surface area is 286 Å². The molecule has 0 bridgehead atoms. The Bertz CT molecular complexity index is 1920. The third-order valence-corrected chi connectivity index (χ3v) is 10.2. The summed E-state index contributed by atoms with van der Waals surface area (Å²) in [4.78, 5) is 37.6. The highest BCUT2D eigenvalue weighted by Gasteiger charge is 2.53. The topological polar surface area (TPSA) is 105 Å². The van der Waals surface area contributed by atoms with Crippen LogP contribution < -0.4 is 15.4 Å². The van der Waals surface area contributed by atoms with Crippen molar-refractivity contribution in [3.05, 3.63) is 81.4 Å². The van der Waals surface area contributed by atoms with E-state index < -0.39 is 12.3 Å². The van der Waals surface area contributed by atoms with Gasteiger partial charge in [0, 0.05) is 92.6 Å². The van der Waals surface area contributed by atoms with Crippen molar-refractivity contribution in [1.29, 1.82) is 0 Å². The minimum absolute atomic E-state index is 0.115. The molecule has 2 N–H and O–H groups in total. The lowest BCUT2D eigenvalue weighted by atomic mass is 9.72. The summed E-state index contributed by atoms with van der Waals surface area (Å²) in [5.74, 6) is -0.681. The third kappa shape index (κ3) is 5.80. The zero-order chi connectivity index (χ0) is 33.7. The Kier molecular flexibility index (Phi) is 8.61. The number of amides is 2. The summed E-state index contributed by atoms with van der Waals surface area (Å²) in [6.07, 6.45) is -2.16. The standard InChI is InChI=1S/C34H33Cl2F2N7O3/c1-43-26-11-12-39-13-25(26)40-30(43)31(46)41-24-8-4-6-21(28(24)36)20-5-3-7-22(27(20)35)23-10-9-19(32(42-23)48-2)14-44-15-34(16-44)17-45(18-34)33(47)29(37)38/h3-10,29,39H,11-18H2,1-2H3,(H,41,46). The van der Waals surface area contributed by atoms with Crippen molar-refractivity contribution in [2.24, 2.45) is 12.5 Å². The minimum Gasteiger partial charge on any atom is -0.481 e. The number of pyridine rings is 1. The van der Waals surface area contributed by atoms with Gasteiger partial charge >= 0.3 is 6.43 Å². The van der Waals surface area contributed by atoms with E-state index in [-0.39, 0.29) is 11.3 Å². The zero-order valence-corrected chi connectivity index (χ0v) is 27.8. The largest absolute Gasteiger partial charge is 0.481 e. The van der Waals surface area contributed by atoms with Crippen LogP contribution in [0, 0.1) is 5.41 Å². The summed E-state index contributed by atoms with van der Waals surface area (Å²) in [6, 6.07) is 14.8. The Hall–Kier alpha value is -4.10. The fourth-order valence-electron chi connectivity index (χ4n) is 7.04. The molecule has 3 aliphatic heterocycles. The van der Waals surface area contributed by atoms with Crippen molar-refractivity contribution in [2.75, 3.05) is 45.2 Å². The molecule has 0 unspecified atom stereocenters. The first-order chi connectivity index (χ1) is 23.1. The van der Waals surface area contributed by atoms with Crippen LogP contribution >= 0.6 is 23.2 Å². The number of methoxy groups -OCH3 is 1. The number of anilines is 1. The van der Waals surface area contributed by atoms with Crippen molar-refractivity contribution >= 4 is 40.7 Å². The predicted molar refractivity (Wildman–Crippen MR) is 179 cm³/mol. The van der Waals surface area contributed by atoms with Crippen LogP contribution in [0.2, 0.25) is 10.0 Å². The van der Waals surface area contributed by atoms with Gasteiger partial charge in [0.15, 0.2) is 5.82 Å². The number of fused-ring (bicyclic) bond motifs is 1. The summed E-state index contributed by atoms with van der Waals surface area (Å²) < 4.78 is 32.9. The molecule has 7 rings (SSSR count). The van der Waals surface area contributed by atoms with Gasteiger partial charge in [0.1, 0.15) is 0 Å². The predicted octanol–water partition coefficient (Wildman–Crippen LogP) is 5.27. The molecule has 0 aliphatic carbocycles. The van der Waals surface area contributed by atoms with E-state index in [9.17, 15) is 18.4 Å². The lowest BCUT2D eigenvalue weighted by Gasteiger charge is -2.60. The number of ether oxygens (including phenoxy) is 1. The van der Waals surface area contributed by atoms with Crippen LogP contribution in [0.15, 0.2) is 48.5 Å². The third-order valence-electron chi connectivity index (χ3n) is 9.34. The number of likely N-dealkylation sites (tertiary alicyclic amines) is 2. The number of nitrogens with zero attached hydrogens (tertiary/aromatic N) is 5. The number of imidazole rings is 1. The lowest BCUT2D eigenvalue weighted by Crippen LogP contribution is -2.73. The number of rotatable bonds is 8. The van der Waals surface area contributed by atoms with Gasteiger partial charge in [-0.3, -0.25) is 14.5 Å². The maximum Gasteiger partial charge on any atom is 0.315 e. The Morgan fingerprint density at radius 1 is 1.00 bits per heavy atom.